The highest BCUT2D eigenvalue weighted by Crippen LogP contribution is 2.06. The lowest BCUT2D eigenvalue weighted by Gasteiger charge is -2.06. The van der Waals surface area contributed by atoms with Crippen LogP contribution in [-0.4, -0.2) is 13.1 Å². The number of nitrogens with one attached hydrogen (secondary N) is 1. The lowest BCUT2D eigenvalue weighted by atomic mass is 10.1. The number of unbranched alkanes of at least 4 members (excludes halogenated alkanes) is 6. The summed E-state index contributed by atoms with van der Waals surface area (Å²) in [6.45, 7) is 9.28. The van der Waals surface area contributed by atoms with Gasteiger partial charge < -0.3 is 5.32 Å². The van der Waals surface area contributed by atoms with Gasteiger partial charge in [-0.25, -0.2) is 0 Å². The van der Waals surface area contributed by atoms with Gasteiger partial charge in [-0.3, -0.25) is 0 Å². The first kappa shape index (κ1) is 15.0. The summed E-state index contributed by atoms with van der Waals surface area (Å²) < 4.78 is 0. The standard InChI is InChI=1S/C14H31N/c1-4-5-6-7-8-9-10-12-15-13-11-14(2)3/h14-15H,4-13H2,1-3H3. The second-order valence-corrected chi connectivity index (χ2v) is 5.05. The first-order chi connectivity index (χ1) is 7.27. The van der Waals surface area contributed by atoms with Crippen molar-refractivity contribution in [2.75, 3.05) is 13.1 Å². The topological polar surface area (TPSA) is 12.0 Å². The second kappa shape index (κ2) is 12.0. The fraction of sp³-hybridized carbons (Fsp3) is 1.00. The Bertz CT molecular complexity index is 110. The van der Waals surface area contributed by atoms with Gasteiger partial charge in [0.25, 0.3) is 0 Å². The number of hydrogen-bond acceptors (Lipinski definition) is 1. The minimum atomic E-state index is 0.839. The molecule has 0 fully saturated rings. The third-order valence-corrected chi connectivity index (χ3v) is 2.86. The molecule has 0 bridgehead atoms. The van der Waals surface area contributed by atoms with E-state index < -0.39 is 0 Å². The Morgan fingerprint density at radius 2 is 1.40 bits per heavy atom. The molecular formula is C14H31N. The van der Waals surface area contributed by atoms with Crippen LogP contribution in [0.4, 0.5) is 0 Å². The summed E-state index contributed by atoms with van der Waals surface area (Å²) in [7, 11) is 0. The molecule has 0 aromatic heterocycles. The summed E-state index contributed by atoms with van der Waals surface area (Å²) >= 11 is 0. The zero-order chi connectivity index (χ0) is 11.4. The van der Waals surface area contributed by atoms with Crippen molar-refractivity contribution in [2.24, 2.45) is 5.92 Å². The normalized spacial score (nSPS) is 11.2. The molecule has 0 heterocycles. The first-order valence-electron chi connectivity index (χ1n) is 6.98. The van der Waals surface area contributed by atoms with Crippen LogP contribution in [0.2, 0.25) is 0 Å². The molecule has 1 heteroatoms. The Morgan fingerprint density at radius 3 is 2.00 bits per heavy atom. The van der Waals surface area contributed by atoms with E-state index in [4.69, 9.17) is 0 Å². The van der Waals surface area contributed by atoms with Gasteiger partial charge in [0.05, 0.1) is 0 Å². The minimum Gasteiger partial charge on any atom is -0.317 e. The van der Waals surface area contributed by atoms with Crippen molar-refractivity contribution in [3.63, 3.8) is 0 Å². The van der Waals surface area contributed by atoms with E-state index in [1.165, 1.54) is 64.5 Å². The molecule has 15 heavy (non-hydrogen) atoms. The van der Waals surface area contributed by atoms with Crippen molar-refractivity contribution in [2.45, 2.75) is 72.1 Å². The zero-order valence-corrected chi connectivity index (χ0v) is 11.1. The molecule has 92 valence electrons. The summed E-state index contributed by atoms with van der Waals surface area (Å²) in [4.78, 5) is 0. The minimum absolute atomic E-state index is 0.839. The van der Waals surface area contributed by atoms with Gasteiger partial charge in [-0.05, 0) is 31.8 Å². The summed E-state index contributed by atoms with van der Waals surface area (Å²) in [5, 5.41) is 3.52. The maximum atomic E-state index is 3.52. The highest BCUT2D eigenvalue weighted by molar-refractivity contribution is 4.52. The van der Waals surface area contributed by atoms with Crippen LogP contribution in [0.25, 0.3) is 0 Å². The first-order valence-corrected chi connectivity index (χ1v) is 6.98. The van der Waals surface area contributed by atoms with Gasteiger partial charge in [0.1, 0.15) is 0 Å². The van der Waals surface area contributed by atoms with Crippen LogP contribution in [0.15, 0.2) is 0 Å². The Hall–Kier alpha value is -0.0400. The lowest BCUT2D eigenvalue weighted by molar-refractivity contribution is 0.516. The molecule has 0 spiro atoms. The highest BCUT2D eigenvalue weighted by Gasteiger charge is 1.93. The van der Waals surface area contributed by atoms with Crippen molar-refractivity contribution in [3.8, 4) is 0 Å². The number of hydrogen-bond donors (Lipinski definition) is 1. The van der Waals surface area contributed by atoms with Crippen molar-refractivity contribution < 1.29 is 0 Å². The molecule has 0 aliphatic carbocycles. The molecule has 0 radical (unpaired) electrons. The maximum Gasteiger partial charge on any atom is -0.00465 e. The van der Waals surface area contributed by atoms with Gasteiger partial charge in [-0.1, -0.05) is 59.3 Å². The van der Waals surface area contributed by atoms with Crippen molar-refractivity contribution >= 4 is 0 Å². The molecule has 0 aromatic carbocycles. The highest BCUT2D eigenvalue weighted by atomic mass is 14.8. The van der Waals surface area contributed by atoms with E-state index in [9.17, 15) is 0 Å². The largest absolute Gasteiger partial charge is 0.317 e. The summed E-state index contributed by atoms with van der Waals surface area (Å²) in [5.41, 5.74) is 0. The van der Waals surface area contributed by atoms with Gasteiger partial charge >= 0.3 is 0 Å². The van der Waals surface area contributed by atoms with Crippen LogP contribution in [0.3, 0.4) is 0 Å². The van der Waals surface area contributed by atoms with Crippen LogP contribution in [0.5, 0.6) is 0 Å². The van der Waals surface area contributed by atoms with E-state index in [-0.39, 0.29) is 0 Å². The van der Waals surface area contributed by atoms with Crippen molar-refractivity contribution in [3.05, 3.63) is 0 Å². The molecule has 0 rings (SSSR count). The molecular weight excluding hydrogens is 182 g/mol. The third-order valence-electron chi connectivity index (χ3n) is 2.86. The molecule has 0 aliphatic heterocycles. The quantitative estimate of drug-likeness (QED) is 0.502. The van der Waals surface area contributed by atoms with E-state index in [0.717, 1.165) is 5.92 Å². The molecule has 0 saturated heterocycles. The molecule has 0 amide bonds. The van der Waals surface area contributed by atoms with E-state index in [1.54, 1.807) is 0 Å². The van der Waals surface area contributed by atoms with E-state index >= 15 is 0 Å². The molecule has 0 aromatic rings. The van der Waals surface area contributed by atoms with Gasteiger partial charge in [0, 0.05) is 0 Å². The van der Waals surface area contributed by atoms with Crippen LogP contribution < -0.4 is 5.32 Å². The van der Waals surface area contributed by atoms with Crippen molar-refractivity contribution in [1.82, 2.24) is 5.32 Å². The van der Waals surface area contributed by atoms with Crippen LogP contribution in [-0.2, 0) is 0 Å². The van der Waals surface area contributed by atoms with Gasteiger partial charge in [0.2, 0.25) is 0 Å². The third kappa shape index (κ3) is 14.0. The average Bonchev–Trinajstić information content (AvgIpc) is 2.20. The Balaban J connectivity index is 2.87. The molecule has 0 aliphatic rings. The smallest absolute Gasteiger partial charge is 0.00465 e. The molecule has 0 saturated carbocycles. The average molecular weight is 213 g/mol. The maximum absolute atomic E-state index is 3.52. The van der Waals surface area contributed by atoms with Gasteiger partial charge in [-0.2, -0.15) is 0 Å². The number of rotatable bonds is 11. The molecule has 0 unspecified atom stereocenters. The van der Waals surface area contributed by atoms with Crippen LogP contribution in [0, 0.1) is 5.92 Å². The van der Waals surface area contributed by atoms with E-state index in [1.807, 2.05) is 0 Å². The monoisotopic (exact) mass is 213 g/mol. The predicted octanol–water partition coefficient (Wildman–Crippen LogP) is 4.37. The molecule has 1 nitrogen and oxygen atoms in total. The zero-order valence-electron chi connectivity index (χ0n) is 11.1. The lowest BCUT2D eigenvalue weighted by Crippen LogP contribution is -2.17. The van der Waals surface area contributed by atoms with Crippen molar-refractivity contribution in [1.29, 1.82) is 0 Å². The summed E-state index contributed by atoms with van der Waals surface area (Å²) in [6, 6.07) is 0. The molecule has 0 atom stereocenters. The SMILES string of the molecule is CCCCCCCCCNCCC(C)C. The predicted molar refractivity (Wildman–Crippen MR) is 70.3 cm³/mol. The fourth-order valence-electron chi connectivity index (χ4n) is 1.72. The fourth-order valence-corrected chi connectivity index (χ4v) is 1.72. The summed E-state index contributed by atoms with van der Waals surface area (Å²) in [5.74, 6) is 0.839. The van der Waals surface area contributed by atoms with Gasteiger partial charge in [0.15, 0.2) is 0 Å². The van der Waals surface area contributed by atoms with E-state index in [2.05, 4.69) is 26.1 Å². The van der Waals surface area contributed by atoms with E-state index in [0.29, 0.717) is 0 Å². The Labute approximate surface area is 97.0 Å². The Kier molecular flexibility index (Phi) is 12.0. The van der Waals surface area contributed by atoms with Gasteiger partial charge in [-0.15, -0.1) is 0 Å². The second-order valence-electron chi connectivity index (χ2n) is 5.05. The molecule has 1 N–H and O–H groups in total. The van der Waals surface area contributed by atoms with Crippen LogP contribution >= 0.6 is 0 Å². The Morgan fingerprint density at radius 1 is 0.800 bits per heavy atom. The summed E-state index contributed by atoms with van der Waals surface area (Å²) in [6.07, 6.45) is 11.2. The van der Waals surface area contributed by atoms with Crippen LogP contribution in [0.1, 0.15) is 72.1 Å².